The lowest BCUT2D eigenvalue weighted by molar-refractivity contribution is -0.134. The third kappa shape index (κ3) is 5.19. The fourth-order valence-corrected chi connectivity index (χ4v) is 2.17. The van der Waals surface area contributed by atoms with Crippen LogP contribution >= 0.6 is 0 Å². The van der Waals surface area contributed by atoms with Gasteiger partial charge in [-0.1, -0.05) is 13.0 Å². The molecule has 1 aromatic carbocycles. The molecule has 0 fully saturated rings. The van der Waals surface area contributed by atoms with Crippen LogP contribution in [0.2, 0.25) is 0 Å². The number of ether oxygens (including phenoxy) is 4. The highest BCUT2D eigenvalue weighted by Crippen LogP contribution is 2.34. The van der Waals surface area contributed by atoms with Crippen molar-refractivity contribution in [2.24, 2.45) is 5.92 Å². The molecule has 7 heteroatoms. The first-order chi connectivity index (χ1) is 11.5. The Kier molecular flexibility index (Phi) is 7.61. The fourth-order valence-electron chi connectivity index (χ4n) is 2.17. The molecule has 0 radical (unpaired) electrons. The average molecular weight is 337 g/mol. The van der Waals surface area contributed by atoms with Crippen LogP contribution in [0.25, 0.3) is 0 Å². The number of benzene rings is 1. The van der Waals surface area contributed by atoms with E-state index in [0.29, 0.717) is 17.1 Å². The Balaban J connectivity index is 3.24. The monoisotopic (exact) mass is 337 g/mol. The largest absolute Gasteiger partial charge is 0.497 e. The van der Waals surface area contributed by atoms with Gasteiger partial charge in [0.2, 0.25) is 0 Å². The van der Waals surface area contributed by atoms with E-state index in [4.69, 9.17) is 14.2 Å². The van der Waals surface area contributed by atoms with E-state index in [1.54, 1.807) is 31.4 Å². The molecule has 0 bridgehead atoms. The molecule has 1 amide bonds. The second kappa shape index (κ2) is 9.44. The summed E-state index contributed by atoms with van der Waals surface area (Å²) < 4.78 is 19.9. The zero-order valence-corrected chi connectivity index (χ0v) is 14.5. The van der Waals surface area contributed by atoms with Crippen molar-refractivity contribution >= 4 is 12.1 Å². The van der Waals surface area contributed by atoms with E-state index in [-0.39, 0.29) is 5.92 Å². The molecule has 0 saturated heterocycles. The van der Waals surface area contributed by atoms with Crippen LogP contribution in [0.3, 0.4) is 0 Å². The second-order valence-electron chi connectivity index (χ2n) is 4.96. The molecule has 0 unspecified atom stereocenters. The standard InChI is InChI=1S/C17H23NO6/c1-11(6-9-15(19)23-4)16(18-17(20)24-5)13-10-12(21-2)7-8-14(13)22-3/h6-11,16H,1-5H3,(H,18,20)/b9-6+/t11-,16+/m1/s1. The molecule has 1 N–H and O–H groups in total. The molecule has 7 nitrogen and oxygen atoms in total. The summed E-state index contributed by atoms with van der Waals surface area (Å²) in [5.41, 5.74) is 0.698. The summed E-state index contributed by atoms with van der Waals surface area (Å²) in [6.07, 6.45) is 2.36. The van der Waals surface area contributed by atoms with Gasteiger partial charge in [0.25, 0.3) is 0 Å². The van der Waals surface area contributed by atoms with Gasteiger partial charge in [0.05, 0.1) is 34.5 Å². The van der Waals surface area contributed by atoms with Crippen molar-refractivity contribution in [1.29, 1.82) is 0 Å². The molecule has 0 aromatic heterocycles. The zero-order valence-electron chi connectivity index (χ0n) is 14.5. The second-order valence-corrected chi connectivity index (χ2v) is 4.96. The van der Waals surface area contributed by atoms with Crippen molar-refractivity contribution in [3.8, 4) is 11.5 Å². The van der Waals surface area contributed by atoms with E-state index in [0.717, 1.165) is 0 Å². The van der Waals surface area contributed by atoms with Crippen LogP contribution in [0.5, 0.6) is 11.5 Å². The van der Waals surface area contributed by atoms with Gasteiger partial charge in [0.15, 0.2) is 0 Å². The number of carbonyl (C=O) groups excluding carboxylic acids is 2. The number of esters is 1. The maximum atomic E-state index is 11.7. The average Bonchev–Trinajstić information content (AvgIpc) is 2.62. The number of hydrogen-bond acceptors (Lipinski definition) is 6. The Morgan fingerprint density at radius 3 is 2.33 bits per heavy atom. The highest BCUT2D eigenvalue weighted by atomic mass is 16.5. The molecule has 24 heavy (non-hydrogen) atoms. The third-order valence-electron chi connectivity index (χ3n) is 3.49. The Hall–Kier alpha value is -2.70. The van der Waals surface area contributed by atoms with Crippen LogP contribution in [0.1, 0.15) is 18.5 Å². The van der Waals surface area contributed by atoms with Crippen LogP contribution in [0.4, 0.5) is 4.79 Å². The molecule has 1 aromatic rings. The van der Waals surface area contributed by atoms with Gasteiger partial charge in [-0.3, -0.25) is 0 Å². The van der Waals surface area contributed by atoms with Gasteiger partial charge in [0.1, 0.15) is 11.5 Å². The first-order valence-corrected chi connectivity index (χ1v) is 7.29. The van der Waals surface area contributed by atoms with Crippen molar-refractivity contribution in [3.05, 3.63) is 35.9 Å². The fraction of sp³-hybridized carbons (Fsp3) is 0.412. The van der Waals surface area contributed by atoms with Crippen LogP contribution in [0.15, 0.2) is 30.4 Å². The summed E-state index contributed by atoms with van der Waals surface area (Å²) in [5.74, 6) is 0.475. The molecule has 132 valence electrons. The number of rotatable bonds is 7. The number of amides is 1. The third-order valence-corrected chi connectivity index (χ3v) is 3.49. The highest BCUT2D eigenvalue weighted by Gasteiger charge is 2.24. The Morgan fingerprint density at radius 2 is 1.79 bits per heavy atom. The Labute approximate surface area is 141 Å². The first kappa shape index (κ1) is 19.3. The smallest absolute Gasteiger partial charge is 0.407 e. The van der Waals surface area contributed by atoms with E-state index < -0.39 is 18.1 Å². The van der Waals surface area contributed by atoms with Crippen LogP contribution < -0.4 is 14.8 Å². The minimum atomic E-state index is -0.594. The molecule has 1 rings (SSSR count). The lowest BCUT2D eigenvalue weighted by Crippen LogP contribution is -2.32. The number of methoxy groups -OCH3 is 4. The summed E-state index contributed by atoms with van der Waals surface area (Å²) in [6.45, 7) is 1.85. The predicted molar refractivity (Wildman–Crippen MR) is 88.1 cm³/mol. The Morgan fingerprint density at radius 1 is 1.08 bits per heavy atom. The number of hydrogen-bond donors (Lipinski definition) is 1. The molecule has 0 saturated carbocycles. The molecule has 0 aliphatic heterocycles. The minimum absolute atomic E-state index is 0.246. The molecule has 0 aliphatic carbocycles. The lowest BCUT2D eigenvalue weighted by atomic mass is 9.93. The predicted octanol–water partition coefficient (Wildman–Crippen LogP) is 2.47. The van der Waals surface area contributed by atoms with Gasteiger partial charge in [-0.05, 0) is 24.1 Å². The van der Waals surface area contributed by atoms with Crippen molar-refractivity contribution in [1.82, 2.24) is 5.32 Å². The number of alkyl carbamates (subject to hydrolysis) is 1. The lowest BCUT2D eigenvalue weighted by Gasteiger charge is -2.25. The summed E-state index contributed by atoms with van der Waals surface area (Å²) in [7, 11) is 5.67. The first-order valence-electron chi connectivity index (χ1n) is 7.29. The van der Waals surface area contributed by atoms with Crippen LogP contribution in [0, 0.1) is 5.92 Å². The van der Waals surface area contributed by atoms with E-state index in [1.165, 1.54) is 27.4 Å². The molecular formula is C17H23NO6. The molecule has 0 spiro atoms. The number of nitrogens with one attached hydrogen (secondary N) is 1. The summed E-state index contributed by atoms with van der Waals surface area (Å²) in [5, 5.41) is 2.75. The zero-order chi connectivity index (χ0) is 18.1. The Bertz CT molecular complexity index is 599. The van der Waals surface area contributed by atoms with Crippen molar-refractivity contribution in [3.63, 3.8) is 0 Å². The van der Waals surface area contributed by atoms with Gasteiger partial charge < -0.3 is 24.3 Å². The van der Waals surface area contributed by atoms with Gasteiger partial charge in [-0.15, -0.1) is 0 Å². The van der Waals surface area contributed by atoms with Gasteiger partial charge >= 0.3 is 12.1 Å². The van der Waals surface area contributed by atoms with Crippen LogP contribution in [-0.4, -0.2) is 40.5 Å². The van der Waals surface area contributed by atoms with Gasteiger partial charge in [-0.2, -0.15) is 0 Å². The summed E-state index contributed by atoms with van der Waals surface area (Å²) >= 11 is 0. The van der Waals surface area contributed by atoms with Gasteiger partial charge in [-0.25, -0.2) is 9.59 Å². The quantitative estimate of drug-likeness (QED) is 0.608. The maximum Gasteiger partial charge on any atom is 0.407 e. The maximum absolute atomic E-state index is 11.7. The van der Waals surface area contributed by atoms with Crippen molar-refractivity contribution < 1.29 is 28.5 Å². The van der Waals surface area contributed by atoms with Crippen molar-refractivity contribution in [2.45, 2.75) is 13.0 Å². The topological polar surface area (TPSA) is 83.1 Å². The summed E-state index contributed by atoms with van der Waals surface area (Å²) in [4.78, 5) is 23.0. The van der Waals surface area contributed by atoms with E-state index >= 15 is 0 Å². The number of carbonyl (C=O) groups is 2. The van der Waals surface area contributed by atoms with E-state index in [9.17, 15) is 9.59 Å². The normalized spacial score (nSPS) is 13.0. The molecule has 0 aliphatic rings. The minimum Gasteiger partial charge on any atom is -0.497 e. The van der Waals surface area contributed by atoms with E-state index in [1.807, 2.05) is 6.92 Å². The highest BCUT2D eigenvalue weighted by molar-refractivity contribution is 5.81. The molecular weight excluding hydrogens is 314 g/mol. The van der Waals surface area contributed by atoms with Crippen LogP contribution in [-0.2, 0) is 14.3 Å². The SMILES string of the molecule is COC(=O)/C=C/[C@@H](C)[C@H](NC(=O)OC)c1cc(OC)ccc1OC. The van der Waals surface area contributed by atoms with E-state index in [2.05, 4.69) is 10.1 Å². The summed E-state index contributed by atoms with van der Waals surface area (Å²) in [6, 6.07) is 4.77. The molecule has 0 heterocycles. The molecule has 2 atom stereocenters. The van der Waals surface area contributed by atoms with Crippen molar-refractivity contribution in [2.75, 3.05) is 28.4 Å². The van der Waals surface area contributed by atoms with Gasteiger partial charge in [0, 0.05) is 11.6 Å².